The van der Waals surface area contributed by atoms with Gasteiger partial charge < -0.3 is 0 Å². The Morgan fingerprint density at radius 1 is 0.964 bits per heavy atom. The molecule has 0 unspecified atom stereocenters. The summed E-state index contributed by atoms with van der Waals surface area (Å²) in [5, 5.41) is 10.0. The first-order valence-electron chi connectivity index (χ1n) is 10.4. The van der Waals surface area contributed by atoms with Crippen molar-refractivity contribution in [1.82, 2.24) is 19.7 Å². The van der Waals surface area contributed by atoms with E-state index in [0.29, 0.717) is 0 Å². The fraction of sp³-hybridized carbons (Fsp3) is 0.435. The van der Waals surface area contributed by atoms with Crippen LogP contribution in [-0.4, -0.2) is 25.5 Å². The van der Waals surface area contributed by atoms with Gasteiger partial charge in [0.1, 0.15) is 0 Å². The van der Waals surface area contributed by atoms with E-state index < -0.39 is 0 Å². The molecule has 0 radical (unpaired) electrons. The summed E-state index contributed by atoms with van der Waals surface area (Å²) >= 11 is 1.82. The molecule has 0 saturated heterocycles. The SMILES string of the molecule is Cc1ccc(-n2c(SCCCC3CCCCC3)nnc2-c2ccncc2)cc1. The van der Waals surface area contributed by atoms with Crippen LogP contribution in [-0.2, 0) is 0 Å². The van der Waals surface area contributed by atoms with Crippen LogP contribution < -0.4 is 0 Å². The van der Waals surface area contributed by atoms with Crippen LogP contribution in [0.15, 0.2) is 53.9 Å². The first-order chi connectivity index (χ1) is 13.8. The Morgan fingerprint density at radius 3 is 2.46 bits per heavy atom. The summed E-state index contributed by atoms with van der Waals surface area (Å²) in [6.07, 6.45) is 13.4. The first kappa shape index (κ1) is 19.2. The highest BCUT2D eigenvalue weighted by Gasteiger charge is 2.17. The maximum Gasteiger partial charge on any atom is 0.196 e. The average molecular weight is 393 g/mol. The summed E-state index contributed by atoms with van der Waals surface area (Å²) in [7, 11) is 0. The van der Waals surface area contributed by atoms with Crippen molar-refractivity contribution in [3.63, 3.8) is 0 Å². The average Bonchev–Trinajstić information content (AvgIpc) is 3.17. The molecule has 0 amide bonds. The minimum atomic E-state index is 0.876. The molecule has 1 aliphatic carbocycles. The zero-order chi connectivity index (χ0) is 19.2. The molecule has 1 aliphatic rings. The largest absolute Gasteiger partial charge is 0.270 e. The van der Waals surface area contributed by atoms with Crippen LogP contribution in [0.3, 0.4) is 0 Å². The zero-order valence-corrected chi connectivity index (χ0v) is 17.4. The molecule has 5 heteroatoms. The van der Waals surface area contributed by atoms with Crippen LogP contribution in [0.25, 0.3) is 17.1 Å². The van der Waals surface area contributed by atoms with E-state index in [2.05, 4.69) is 50.9 Å². The minimum absolute atomic E-state index is 0.876. The topological polar surface area (TPSA) is 43.6 Å². The molecule has 2 heterocycles. The molecule has 28 heavy (non-hydrogen) atoms. The number of nitrogens with zero attached hydrogens (tertiary/aromatic N) is 4. The fourth-order valence-corrected chi connectivity index (χ4v) is 4.90. The van der Waals surface area contributed by atoms with Crippen LogP contribution in [0.1, 0.15) is 50.5 Å². The van der Waals surface area contributed by atoms with Crippen molar-refractivity contribution in [2.75, 3.05) is 5.75 Å². The summed E-state index contributed by atoms with van der Waals surface area (Å²) < 4.78 is 2.18. The number of pyridine rings is 1. The second-order valence-electron chi connectivity index (χ2n) is 7.71. The van der Waals surface area contributed by atoms with E-state index in [1.54, 1.807) is 12.4 Å². The van der Waals surface area contributed by atoms with Gasteiger partial charge in [0.25, 0.3) is 0 Å². The Hall–Kier alpha value is -2.14. The van der Waals surface area contributed by atoms with E-state index in [4.69, 9.17) is 0 Å². The normalized spacial score (nSPS) is 15.0. The Morgan fingerprint density at radius 2 is 1.71 bits per heavy atom. The van der Waals surface area contributed by atoms with Gasteiger partial charge in [0, 0.05) is 29.4 Å². The number of rotatable bonds is 7. The first-order valence-corrected chi connectivity index (χ1v) is 11.4. The molecule has 4 nitrogen and oxygen atoms in total. The number of thioether (sulfide) groups is 1. The van der Waals surface area contributed by atoms with Crippen molar-refractivity contribution in [1.29, 1.82) is 0 Å². The van der Waals surface area contributed by atoms with Crippen molar-refractivity contribution in [3.8, 4) is 17.1 Å². The van der Waals surface area contributed by atoms with Gasteiger partial charge in [-0.3, -0.25) is 9.55 Å². The molecule has 3 aromatic rings. The Kier molecular flexibility index (Phi) is 6.42. The van der Waals surface area contributed by atoms with Gasteiger partial charge in [-0.1, -0.05) is 61.6 Å². The molecule has 0 N–H and O–H groups in total. The second-order valence-corrected chi connectivity index (χ2v) is 8.77. The number of aromatic nitrogens is 4. The van der Waals surface area contributed by atoms with Crippen molar-refractivity contribution < 1.29 is 0 Å². The van der Waals surface area contributed by atoms with Crippen molar-refractivity contribution in [2.45, 2.75) is 57.0 Å². The Labute approximate surface area is 171 Å². The molecule has 4 rings (SSSR count). The molecule has 0 atom stereocenters. The third kappa shape index (κ3) is 4.64. The van der Waals surface area contributed by atoms with Crippen molar-refractivity contribution >= 4 is 11.8 Å². The van der Waals surface area contributed by atoms with Crippen molar-refractivity contribution in [2.24, 2.45) is 5.92 Å². The minimum Gasteiger partial charge on any atom is -0.270 e. The number of hydrogen-bond donors (Lipinski definition) is 0. The highest BCUT2D eigenvalue weighted by Crippen LogP contribution is 2.31. The lowest BCUT2D eigenvalue weighted by molar-refractivity contribution is 0.337. The van der Waals surface area contributed by atoms with E-state index in [0.717, 1.165) is 33.9 Å². The highest BCUT2D eigenvalue weighted by atomic mass is 32.2. The third-order valence-electron chi connectivity index (χ3n) is 5.58. The highest BCUT2D eigenvalue weighted by molar-refractivity contribution is 7.99. The molecule has 0 spiro atoms. The lowest BCUT2D eigenvalue weighted by Crippen LogP contribution is -2.06. The standard InChI is InChI=1S/C23H28N4S/c1-18-9-11-21(12-10-18)27-22(20-13-15-24-16-14-20)25-26-23(27)28-17-5-8-19-6-3-2-4-7-19/h9-16,19H,2-8,17H2,1H3. The predicted octanol–water partition coefficient (Wildman–Crippen LogP) is 6.09. The predicted molar refractivity (Wildman–Crippen MR) is 116 cm³/mol. The third-order valence-corrected chi connectivity index (χ3v) is 6.59. The smallest absolute Gasteiger partial charge is 0.196 e. The van der Waals surface area contributed by atoms with Gasteiger partial charge in [0.15, 0.2) is 11.0 Å². The van der Waals surface area contributed by atoms with E-state index in [-0.39, 0.29) is 0 Å². The maximum atomic E-state index is 4.53. The van der Waals surface area contributed by atoms with Gasteiger partial charge in [-0.05, 0) is 49.9 Å². The van der Waals surface area contributed by atoms with E-state index in [9.17, 15) is 0 Å². The molecule has 0 aliphatic heterocycles. The molecule has 1 fully saturated rings. The van der Waals surface area contributed by atoms with Gasteiger partial charge in [0.2, 0.25) is 0 Å². The molecule has 1 saturated carbocycles. The van der Waals surface area contributed by atoms with Crippen LogP contribution in [0.4, 0.5) is 0 Å². The molecule has 146 valence electrons. The van der Waals surface area contributed by atoms with Crippen LogP contribution in [0.5, 0.6) is 0 Å². The van der Waals surface area contributed by atoms with Crippen molar-refractivity contribution in [3.05, 3.63) is 54.4 Å². The summed E-state index contributed by atoms with van der Waals surface area (Å²) in [6, 6.07) is 12.6. The lowest BCUT2D eigenvalue weighted by Gasteiger charge is -2.21. The van der Waals surface area contributed by atoms with Gasteiger partial charge in [0.05, 0.1) is 0 Å². The molecule has 2 aromatic heterocycles. The van der Waals surface area contributed by atoms with E-state index >= 15 is 0 Å². The number of benzene rings is 1. The molecular weight excluding hydrogens is 364 g/mol. The van der Waals surface area contributed by atoms with Gasteiger partial charge in [-0.2, -0.15) is 0 Å². The quantitative estimate of drug-likeness (QED) is 0.360. The summed E-state index contributed by atoms with van der Waals surface area (Å²) in [4.78, 5) is 4.13. The summed E-state index contributed by atoms with van der Waals surface area (Å²) in [5.74, 6) is 2.91. The monoisotopic (exact) mass is 392 g/mol. The molecule has 1 aromatic carbocycles. The summed E-state index contributed by atoms with van der Waals surface area (Å²) in [6.45, 7) is 2.11. The zero-order valence-electron chi connectivity index (χ0n) is 16.6. The Bertz CT molecular complexity index is 867. The van der Waals surface area contributed by atoms with Crippen LogP contribution in [0, 0.1) is 12.8 Å². The molecular formula is C23H28N4S. The fourth-order valence-electron chi connectivity index (χ4n) is 3.99. The van der Waals surface area contributed by atoms with Crippen LogP contribution >= 0.6 is 11.8 Å². The van der Waals surface area contributed by atoms with Gasteiger partial charge >= 0.3 is 0 Å². The van der Waals surface area contributed by atoms with Crippen LogP contribution in [0.2, 0.25) is 0 Å². The second kappa shape index (κ2) is 9.37. The lowest BCUT2D eigenvalue weighted by atomic mass is 9.86. The van der Waals surface area contributed by atoms with Gasteiger partial charge in [-0.15, -0.1) is 10.2 Å². The molecule has 0 bridgehead atoms. The van der Waals surface area contributed by atoms with E-state index in [1.807, 2.05) is 23.9 Å². The number of hydrogen-bond acceptors (Lipinski definition) is 4. The number of aryl methyl sites for hydroxylation is 1. The summed E-state index contributed by atoms with van der Waals surface area (Å²) in [5.41, 5.74) is 3.40. The van der Waals surface area contributed by atoms with Gasteiger partial charge in [-0.25, -0.2) is 0 Å². The van der Waals surface area contributed by atoms with E-state index in [1.165, 1.54) is 50.5 Å². The maximum absolute atomic E-state index is 4.53. The Balaban J connectivity index is 1.51.